The Balaban J connectivity index is 2.03. The van der Waals surface area contributed by atoms with Gasteiger partial charge in [-0.25, -0.2) is 0 Å². The highest BCUT2D eigenvalue weighted by Crippen LogP contribution is 2.40. The lowest BCUT2D eigenvalue weighted by Gasteiger charge is -2.01. The summed E-state index contributed by atoms with van der Waals surface area (Å²) in [7, 11) is 1.63. The molecule has 0 saturated carbocycles. The lowest BCUT2D eigenvalue weighted by atomic mass is 10.0. The number of epoxide rings is 1. The first kappa shape index (κ1) is 11.1. The standard InChI is InChI=1S/C13H16O3/c1-8(2)11(14)13-12(16-13)9-4-6-10(15-3)7-5-9/h4-8,12-13H,1-3H3/t12-,13-/m1/s1. The fraction of sp³-hybridized carbons (Fsp3) is 0.462. The zero-order chi connectivity index (χ0) is 11.7. The molecule has 0 unspecified atom stereocenters. The number of hydrogen-bond donors (Lipinski definition) is 0. The summed E-state index contributed by atoms with van der Waals surface area (Å²) < 4.78 is 10.5. The minimum atomic E-state index is -0.242. The summed E-state index contributed by atoms with van der Waals surface area (Å²) in [5, 5.41) is 0. The SMILES string of the molecule is COc1ccc([C@H]2O[C@@H]2C(=O)C(C)C)cc1. The second-order valence-electron chi connectivity index (χ2n) is 4.31. The molecular weight excluding hydrogens is 204 g/mol. The molecule has 16 heavy (non-hydrogen) atoms. The van der Waals surface area contributed by atoms with Crippen LogP contribution < -0.4 is 4.74 Å². The second kappa shape index (κ2) is 4.26. The van der Waals surface area contributed by atoms with Crippen molar-refractivity contribution in [3.63, 3.8) is 0 Å². The zero-order valence-electron chi connectivity index (χ0n) is 9.77. The maximum absolute atomic E-state index is 11.7. The van der Waals surface area contributed by atoms with Crippen LogP contribution in [0.15, 0.2) is 24.3 Å². The van der Waals surface area contributed by atoms with E-state index in [0.29, 0.717) is 0 Å². The lowest BCUT2D eigenvalue weighted by molar-refractivity contribution is -0.123. The maximum Gasteiger partial charge on any atom is 0.167 e. The molecule has 0 spiro atoms. The Labute approximate surface area is 95.4 Å². The van der Waals surface area contributed by atoms with Crippen LogP contribution in [-0.4, -0.2) is 19.0 Å². The first-order chi connectivity index (χ1) is 7.63. The van der Waals surface area contributed by atoms with Gasteiger partial charge in [0.1, 0.15) is 18.0 Å². The van der Waals surface area contributed by atoms with Gasteiger partial charge in [0.15, 0.2) is 5.78 Å². The van der Waals surface area contributed by atoms with E-state index in [4.69, 9.17) is 9.47 Å². The quantitative estimate of drug-likeness (QED) is 0.731. The molecule has 2 rings (SSSR count). The molecule has 1 saturated heterocycles. The summed E-state index contributed by atoms with van der Waals surface area (Å²) in [5.41, 5.74) is 1.04. The van der Waals surface area contributed by atoms with E-state index >= 15 is 0 Å². The Morgan fingerprint density at radius 2 is 1.94 bits per heavy atom. The van der Waals surface area contributed by atoms with E-state index in [-0.39, 0.29) is 23.9 Å². The molecule has 0 aromatic heterocycles. The molecule has 1 aliphatic rings. The van der Waals surface area contributed by atoms with Gasteiger partial charge < -0.3 is 9.47 Å². The minimum absolute atomic E-state index is 0.0354. The molecule has 0 aliphatic carbocycles. The molecule has 3 nitrogen and oxygen atoms in total. The smallest absolute Gasteiger partial charge is 0.167 e. The van der Waals surface area contributed by atoms with Crippen LogP contribution >= 0.6 is 0 Å². The van der Waals surface area contributed by atoms with Gasteiger partial charge in [-0.15, -0.1) is 0 Å². The number of methoxy groups -OCH3 is 1. The number of benzene rings is 1. The zero-order valence-corrected chi connectivity index (χ0v) is 9.77. The Morgan fingerprint density at radius 1 is 1.31 bits per heavy atom. The van der Waals surface area contributed by atoms with E-state index in [1.54, 1.807) is 7.11 Å². The third kappa shape index (κ3) is 2.09. The first-order valence-electron chi connectivity index (χ1n) is 5.46. The fourth-order valence-electron chi connectivity index (χ4n) is 1.70. The van der Waals surface area contributed by atoms with E-state index in [9.17, 15) is 4.79 Å². The van der Waals surface area contributed by atoms with Crippen LogP contribution in [-0.2, 0) is 9.53 Å². The van der Waals surface area contributed by atoms with Crippen LogP contribution in [0.4, 0.5) is 0 Å². The fourth-order valence-corrected chi connectivity index (χ4v) is 1.70. The topological polar surface area (TPSA) is 38.8 Å². The van der Waals surface area contributed by atoms with Crippen molar-refractivity contribution in [3.8, 4) is 5.75 Å². The number of carbonyl (C=O) groups is 1. The highest BCUT2D eigenvalue weighted by molar-refractivity contribution is 5.87. The van der Waals surface area contributed by atoms with Gasteiger partial charge in [-0.2, -0.15) is 0 Å². The van der Waals surface area contributed by atoms with E-state index in [1.807, 2.05) is 38.1 Å². The number of Topliss-reactive ketones (excluding diaryl/α,β-unsaturated/α-hetero) is 1. The molecule has 2 atom stereocenters. The molecule has 1 aliphatic heterocycles. The van der Waals surface area contributed by atoms with Gasteiger partial charge in [0.2, 0.25) is 0 Å². The normalized spacial score (nSPS) is 23.2. The molecule has 0 amide bonds. The number of ether oxygens (including phenoxy) is 2. The van der Waals surface area contributed by atoms with Crippen LogP contribution in [0.5, 0.6) is 5.75 Å². The van der Waals surface area contributed by atoms with Crippen LogP contribution in [0.25, 0.3) is 0 Å². The van der Waals surface area contributed by atoms with Crippen LogP contribution in [0, 0.1) is 5.92 Å². The molecule has 3 heteroatoms. The van der Waals surface area contributed by atoms with Gasteiger partial charge >= 0.3 is 0 Å². The summed E-state index contributed by atoms with van der Waals surface area (Å²) in [6.07, 6.45) is -0.297. The number of ketones is 1. The molecule has 1 heterocycles. The monoisotopic (exact) mass is 220 g/mol. The highest BCUT2D eigenvalue weighted by Gasteiger charge is 2.46. The van der Waals surface area contributed by atoms with Crippen LogP contribution in [0.2, 0.25) is 0 Å². The number of rotatable bonds is 4. The predicted molar refractivity (Wildman–Crippen MR) is 60.5 cm³/mol. The van der Waals surface area contributed by atoms with Gasteiger partial charge in [0.05, 0.1) is 7.11 Å². The molecule has 1 fully saturated rings. The second-order valence-corrected chi connectivity index (χ2v) is 4.31. The predicted octanol–water partition coefficient (Wildman–Crippen LogP) is 2.36. The molecule has 0 N–H and O–H groups in total. The van der Waals surface area contributed by atoms with Crippen molar-refractivity contribution >= 4 is 5.78 Å². The van der Waals surface area contributed by atoms with Crippen LogP contribution in [0.3, 0.4) is 0 Å². The summed E-state index contributed by atoms with van der Waals surface area (Å²) in [6.45, 7) is 3.80. The van der Waals surface area contributed by atoms with Crippen LogP contribution in [0.1, 0.15) is 25.5 Å². The van der Waals surface area contributed by atoms with Gasteiger partial charge in [-0.05, 0) is 17.7 Å². The van der Waals surface area contributed by atoms with Crippen molar-refractivity contribution in [2.45, 2.75) is 26.1 Å². The molecule has 86 valence electrons. The molecule has 1 aromatic rings. The van der Waals surface area contributed by atoms with Crippen molar-refractivity contribution in [1.82, 2.24) is 0 Å². The molecule has 1 aromatic carbocycles. The van der Waals surface area contributed by atoms with Crippen molar-refractivity contribution in [3.05, 3.63) is 29.8 Å². The van der Waals surface area contributed by atoms with Gasteiger partial charge in [-0.3, -0.25) is 4.79 Å². The summed E-state index contributed by atoms with van der Waals surface area (Å²) in [4.78, 5) is 11.7. The van der Waals surface area contributed by atoms with Crippen molar-refractivity contribution in [2.24, 2.45) is 5.92 Å². The van der Waals surface area contributed by atoms with Gasteiger partial charge in [0, 0.05) is 5.92 Å². The van der Waals surface area contributed by atoms with E-state index in [2.05, 4.69) is 0 Å². The minimum Gasteiger partial charge on any atom is -0.497 e. The third-order valence-electron chi connectivity index (χ3n) is 2.79. The average molecular weight is 220 g/mol. The van der Waals surface area contributed by atoms with Crippen molar-refractivity contribution in [2.75, 3.05) is 7.11 Å². The Bertz CT molecular complexity index is 381. The average Bonchev–Trinajstić information content (AvgIpc) is 3.08. The largest absolute Gasteiger partial charge is 0.497 e. The maximum atomic E-state index is 11.7. The van der Waals surface area contributed by atoms with E-state index in [1.165, 1.54) is 0 Å². The highest BCUT2D eigenvalue weighted by atomic mass is 16.6. The Hall–Kier alpha value is -1.35. The lowest BCUT2D eigenvalue weighted by Crippen LogP contribution is -2.14. The van der Waals surface area contributed by atoms with Gasteiger partial charge in [-0.1, -0.05) is 26.0 Å². The van der Waals surface area contributed by atoms with Gasteiger partial charge in [0.25, 0.3) is 0 Å². The van der Waals surface area contributed by atoms with E-state index < -0.39 is 0 Å². The molecular formula is C13H16O3. The number of hydrogen-bond acceptors (Lipinski definition) is 3. The third-order valence-corrected chi connectivity index (χ3v) is 2.79. The number of carbonyl (C=O) groups excluding carboxylic acids is 1. The molecule has 0 radical (unpaired) electrons. The Kier molecular flexibility index (Phi) is 2.97. The first-order valence-corrected chi connectivity index (χ1v) is 5.46. The summed E-state index contributed by atoms with van der Waals surface area (Å²) >= 11 is 0. The van der Waals surface area contributed by atoms with Crippen molar-refractivity contribution < 1.29 is 14.3 Å². The summed E-state index contributed by atoms with van der Waals surface area (Å²) in [6, 6.07) is 7.65. The van der Waals surface area contributed by atoms with Crippen molar-refractivity contribution in [1.29, 1.82) is 0 Å². The van der Waals surface area contributed by atoms with E-state index in [0.717, 1.165) is 11.3 Å². The molecule has 0 bridgehead atoms. The summed E-state index contributed by atoms with van der Waals surface area (Å²) in [5.74, 6) is 1.03. The Morgan fingerprint density at radius 3 is 2.44 bits per heavy atom.